The van der Waals surface area contributed by atoms with Gasteiger partial charge in [-0.1, -0.05) is 0 Å². The van der Waals surface area contributed by atoms with Gasteiger partial charge < -0.3 is 10.1 Å². The van der Waals surface area contributed by atoms with E-state index in [-0.39, 0.29) is 11.8 Å². The molecule has 21 heavy (non-hydrogen) atoms. The highest BCUT2D eigenvalue weighted by Crippen LogP contribution is 2.40. The van der Waals surface area contributed by atoms with Gasteiger partial charge in [-0.3, -0.25) is 13.4 Å². The summed E-state index contributed by atoms with van der Waals surface area (Å²) >= 11 is 0. The second-order valence-corrected chi connectivity index (χ2v) is 7.19. The number of carbonyl (C=O) groups is 1. The standard InChI is InChI=1S/C13H17N3O4S/c1-15-11-4-3-10(7-12(11)16(2)21(15,18)19)14-13(17)9-5-6-20-8-9/h3-4,7,9H,5-6,8H2,1-2H3,(H,14,17)/t9-/m0/s1. The number of hydrogen-bond acceptors (Lipinski definition) is 4. The summed E-state index contributed by atoms with van der Waals surface area (Å²) in [5.41, 5.74) is 1.74. The summed E-state index contributed by atoms with van der Waals surface area (Å²) in [4.78, 5) is 12.1. The van der Waals surface area contributed by atoms with Gasteiger partial charge in [-0.15, -0.1) is 0 Å². The molecule has 2 heterocycles. The number of nitrogens with one attached hydrogen (secondary N) is 1. The molecule has 1 saturated heterocycles. The number of fused-ring (bicyclic) bond motifs is 1. The third-order valence-electron chi connectivity index (χ3n) is 3.91. The minimum atomic E-state index is -3.49. The molecule has 114 valence electrons. The molecule has 1 aromatic carbocycles. The molecule has 0 aliphatic carbocycles. The quantitative estimate of drug-likeness (QED) is 0.876. The smallest absolute Gasteiger partial charge is 0.326 e. The lowest BCUT2D eigenvalue weighted by atomic mass is 10.1. The highest BCUT2D eigenvalue weighted by atomic mass is 32.2. The van der Waals surface area contributed by atoms with Gasteiger partial charge in [0.15, 0.2) is 0 Å². The Balaban J connectivity index is 1.85. The minimum Gasteiger partial charge on any atom is -0.381 e. The Morgan fingerprint density at radius 3 is 2.67 bits per heavy atom. The second kappa shape index (κ2) is 4.88. The number of carbonyl (C=O) groups excluding carboxylic acids is 1. The Morgan fingerprint density at radius 1 is 1.29 bits per heavy atom. The van der Waals surface area contributed by atoms with Crippen molar-refractivity contribution in [3.8, 4) is 0 Å². The largest absolute Gasteiger partial charge is 0.381 e. The number of amides is 1. The zero-order valence-electron chi connectivity index (χ0n) is 11.9. The van der Waals surface area contributed by atoms with Gasteiger partial charge in [0.25, 0.3) is 0 Å². The van der Waals surface area contributed by atoms with Crippen molar-refractivity contribution in [1.29, 1.82) is 0 Å². The predicted octanol–water partition coefficient (Wildman–Crippen LogP) is 0.792. The Kier molecular flexibility index (Phi) is 3.29. The molecule has 8 heteroatoms. The summed E-state index contributed by atoms with van der Waals surface area (Å²) in [7, 11) is -0.490. The van der Waals surface area contributed by atoms with Gasteiger partial charge in [0.2, 0.25) is 5.91 Å². The van der Waals surface area contributed by atoms with E-state index >= 15 is 0 Å². The summed E-state index contributed by atoms with van der Waals surface area (Å²) in [6.45, 7) is 1.04. The molecule has 7 nitrogen and oxygen atoms in total. The second-order valence-electron chi connectivity index (χ2n) is 5.20. The Hall–Kier alpha value is -1.80. The third-order valence-corrected chi connectivity index (χ3v) is 5.69. The van der Waals surface area contributed by atoms with Crippen molar-refractivity contribution < 1.29 is 17.9 Å². The molecule has 1 atom stereocenters. The molecule has 3 rings (SSSR count). The van der Waals surface area contributed by atoms with E-state index in [2.05, 4.69) is 5.32 Å². The number of anilines is 3. The normalized spacial score (nSPS) is 23.2. The predicted molar refractivity (Wildman–Crippen MR) is 79.7 cm³/mol. The fourth-order valence-corrected chi connectivity index (χ4v) is 3.70. The van der Waals surface area contributed by atoms with E-state index in [0.29, 0.717) is 36.7 Å². The van der Waals surface area contributed by atoms with Crippen molar-refractivity contribution >= 4 is 33.2 Å². The Bertz CT molecular complexity index is 683. The molecule has 2 aliphatic heterocycles. The van der Waals surface area contributed by atoms with Crippen molar-refractivity contribution in [1.82, 2.24) is 0 Å². The van der Waals surface area contributed by atoms with Crippen LogP contribution in [0.25, 0.3) is 0 Å². The number of benzene rings is 1. The molecular weight excluding hydrogens is 294 g/mol. The van der Waals surface area contributed by atoms with Gasteiger partial charge in [0.1, 0.15) is 0 Å². The average Bonchev–Trinajstić information content (AvgIpc) is 3.04. The van der Waals surface area contributed by atoms with Gasteiger partial charge >= 0.3 is 10.2 Å². The van der Waals surface area contributed by atoms with Gasteiger partial charge in [-0.05, 0) is 24.6 Å². The van der Waals surface area contributed by atoms with Crippen molar-refractivity contribution in [2.45, 2.75) is 6.42 Å². The van der Waals surface area contributed by atoms with Crippen LogP contribution < -0.4 is 13.9 Å². The van der Waals surface area contributed by atoms with Gasteiger partial charge in [0.05, 0.1) is 23.9 Å². The van der Waals surface area contributed by atoms with Crippen molar-refractivity contribution in [2.24, 2.45) is 5.92 Å². The number of nitrogens with zero attached hydrogens (tertiary/aromatic N) is 2. The topological polar surface area (TPSA) is 79.0 Å². The van der Waals surface area contributed by atoms with Crippen LogP contribution in [0.4, 0.5) is 17.1 Å². The first-order chi connectivity index (χ1) is 9.91. The molecule has 0 radical (unpaired) electrons. The summed E-state index contributed by atoms with van der Waals surface area (Å²) < 4.78 is 31.7. The van der Waals surface area contributed by atoms with E-state index in [9.17, 15) is 13.2 Å². The minimum absolute atomic E-state index is 0.0932. The first-order valence-electron chi connectivity index (χ1n) is 6.66. The SMILES string of the molecule is CN1c2ccc(NC(=O)[C@H]3CCOC3)cc2N(C)S1(=O)=O. The first-order valence-corrected chi connectivity index (χ1v) is 8.06. The third kappa shape index (κ3) is 2.24. The van der Waals surface area contributed by atoms with Crippen LogP contribution in [0.2, 0.25) is 0 Å². The van der Waals surface area contributed by atoms with E-state index in [1.165, 1.54) is 22.7 Å². The lowest BCUT2D eigenvalue weighted by Crippen LogP contribution is -2.32. The molecule has 0 spiro atoms. The van der Waals surface area contributed by atoms with Crippen LogP contribution >= 0.6 is 0 Å². The summed E-state index contributed by atoms with van der Waals surface area (Å²) in [5, 5.41) is 2.82. The maximum Gasteiger partial charge on any atom is 0.326 e. The van der Waals surface area contributed by atoms with E-state index in [0.717, 1.165) is 0 Å². The lowest BCUT2D eigenvalue weighted by molar-refractivity contribution is -0.119. The summed E-state index contributed by atoms with van der Waals surface area (Å²) in [5.74, 6) is -0.230. The maximum atomic E-state index is 12.1. The monoisotopic (exact) mass is 311 g/mol. The van der Waals surface area contributed by atoms with E-state index in [1.807, 2.05) is 0 Å². The molecule has 1 fully saturated rings. The zero-order chi connectivity index (χ0) is 15.2. The molecule has 2 aliphatic rings. The molecular formula is C13H17N3O4S. The fourth-order valence-electron chi connectivity index (χ4n) is 2.54. The number of hydrogen-bond donors (Lipinski definition) is 1. The Morgan fingerprint density at radius 2 is 2.00 bits per heavy atom. The van der Waals surface area contributed by atoms with Crippen LogP contribution in [0.1, 0.15) is 6.42 Å². The van der Waals surface area contributed by atoms with Crippen molar-refractivity contribution in [2.75, 3.05) is 41.2 Å². The number of rotatable bonds is 2. The Labute approximate surface area is 123 Å². The van der Waals surface area contributed by atoms with Crippen molar-refractivity contribution in [3.63, 3.8) is 0 Å². The van der Waals surface area contributed by atoms with Crippen molar-refractivity contribution in [3.05, 3.63) is 18.2 Å². The van der Waals surface area contributed by atoms with Gasteiger partial charge in [-0.2, -0.15) is 8.42 Å². The summed E-state index contributed by atoms with van der Waals surface area (Å²) in [6, 6.07) is 5.07. The van der Waals surface area contributed by atoms with Crippen LogP contribution in [0, 0.1) is 5.92 Å². The van der Waals surface area contributed by atoms with Crippen LogP contribution in [0.3, 0.4) is 0 Å². The van der Waals surface area contributed by atoms with Crippen LogP contribution in [0.15, 0.2) is 18.2 Å². The molecule has 1 amide bonds. The van der Waals surface area contributed by atoms with Gasteiger partial charge in [0, 0.05) is 26.4 Å². The van der Waals surface area contributed by atoms with Gasteiger partial charge in [-0.25, -0.2) is 0 Å². The van der Waals surface area contributed by atoms with E-state index in [4.69, 9.17) is 4.74 Å². The summed E-state index contributed by atoms with van der Waals surface area (Å²) in [6.07, 6.45) is 0.716. The highest BCUT2D eigenvalue weighted by molar-refractivity contribution is 7.94. The van der Waals surface area contributed by atoms with E-state index in [1.54, 1.807) is 18.2 Å². The fraction of sp³-hybridized carbons (Fsp3) is 0.462. The molecule has 1 N–H and O–H groups in total. The zero-order valence-corrected chi connectivity index (χ0v) is 12.7. The first kappa shape index (κ1) is 14.2. The highest BCUT2D eigenvalue weighted by Gasteiger charge is 2.35. The average molecular weight is 311 g/mol. The van der Waals surface area contributed by atoms with E-state index < -0.39 is 10.2 Å². The van der Waals surface area contributed by atoms with Crippen LogP contribution in [-0.2, 0) is 19.7 Å². The molecule has 0 aromatic heterocycles. The molecule has 0 unspecified atom stereocenters. The lowest BCUT2D eigenvalue weighted by Gasteiger charge is -2.13. The molecule has 0 bridgehead atoms. The molecule has 1 aromatic rings. The van der Waals surface area contributed by atoms with Crippen LogP contribution in [-0.4, -0.2) is 41.6 Å². The molecule has 0 saturated carbocycles. The number of ether oxygens (including phenoxy) is 1. The maximum absolute atomic E-state index is 12.1. The van der Waals surface area contributed by atoms with Crippen LogP contribution in [0.5, 0.6) is 0 Å².